The second-order valence-corrected chi connectivity index (χ2v) is 5.81. The van der Waals surface area contributed by atoms with Gasteiger partial charge in [-0.25, -0.2) is 13.1 Å². The molecule has 7 nitrogen and oxygen atoms in total. The molecule has 9 heteroatoms. The van der Waals surface area contributed by atoms with Crippen molar-refractivity contribution in [3.05, 3.63) is 51.9 Å². The van der Waals surface area contributed by atoms with Crippen molar-refractivity contribution in [2.75, 3.05) is 18.7 Å². The molecule has 0 unspecified atom stereocenters. The topological polar surface area (TPSA) is 96.2 Å². The summed E-state index contributed by atoms with van der Waals surface area (Å²) in [4.78, 5) is 13.4. The van der Waals surface area contributed by atoms with Crippen molar-refractivity contribution >= 4 is 10.1 Å². The molecule has 22 heavy (non-hydrogen) atoms. The molecule has 2 rings (SSSR count). The smallest absolute Gasteiger partial charge is 0.748 e. The molecule has 0 amide bonds. The fraction of sp³-hybridized carbons (Fsp3) is 0.308. The van der Waals surface area contributed by atoms with Gasteiger partial charge in [-0.3, -0.25) is 4.79 Å². The fourth-order valence-corrected chi connectivity index (χ4v) is 1.79. The summed E-state index contributed by atoms with van der Waals surface area (Å²) in [5.41, 5.74) is 5.56. The van der Waals surface area contributed by atoms with Gasteiger partial charge in [0, 0.05) is 24.6 Å². The Hall–Kier alpha value is -1.06. The fourth-order valence-electron chi connectivity index (χ4n) is 1.79. The van der Waals surface area contributed by atoms with Crippen LogP contribution in [0.2, 0.25) is 0 Å². The summed E-state index contributed by atoms with van der Waals surface area (Å²) in [6.45, 7) is 3.78. The van der Waals surface area contributed by atoms with Crippen molar-refractivity contribution in [2.45, 2.75) is 13.8 Å². The van der Waals surface area contributed by atoms with E-state index in [0.29, 0.717) is 6.26 Å². The third-order valence-corrected chi connectivity index (χ3v) is 2.79. The van der Waals surface area contributed by atoms with Gasteiger partial charge in [0.2, 0.25) is 0 Å². The Morgan fingerprint density at radius 3 is 2.00 bits per heavy atom. The summed E-state index contributed by atoms with van der Waals surface area (Å²) in [6, 6.07) is 9.81. The van der Waals surface area contributed by atoms with E-state index in [-0.39, 0.29) is 35.1 Å². The maximum atomic E-state index is 11.9. The normalized spacial score (nSPS) is 10.2. The van der Waals surface area contributed by atoms with Gasteiger partial charge in [0.05, 0.1) is 15.8 Å². The molecule has 1 N–H and O–H groups in total. The molecule has 0 fully saturated rings. The summed E-state index contributed by atoms with van der Waals surface area (Å²) in [6.07, 6.45) is 0.604. The second-order valence-electron chi connectivity index (χ2n) is 4.40. The number of nitrogens with one attached hydrogen (secondary N) is 1. The molecule has 0 atom stereocenters. The molecule has 1 aromatic carbocycles. The maximum Gasteiger partial charge on any atom is 1.00 e. The number of aromatic nitrogens is 2. The first kappa shape index (κ1) is 20.9. The van der Waals surface area contributed by atoms with Crippen LogP contribution in [0.1, 0.15) is 11.3 Å². The van der Waals surface area contributed by atoms with Crippen molar-refractivity contribution < 1.29 is 42.5 Å². The first-order chi connectivity index (χ1) is 9.66. The minimum Gasteiger partial charge on any atom is -0.748 e. The van der Waals surface area contributed by atoms with Crippen LogP contribution in [0.15, 0.2) is 35.1 Å². The van der Waals surface area contributed by atoms with Gasteiger partial charge < -0.3 is 9.98 Å². The molecule has 0 saturated carbocycles. The molecule has 116 valence electrons. The quantitative estimate of drug-likeness (QED) is 0.487. The summed E-state index contributed by atoms with van der Waals surface area (Å²) in [7, 11) is -2.18. The van der Waals surface area contributed by atoms with Crippen LogP contribution in [-0.2, 0) is 10.1 Å². The van der Waals surface area contributed by atoms with Crippen molar-refractivity contribution in [1.82, 2.24) is 9.47 Å². The number of rotatable bonds is 2. The summed E-state index contributed by atoms with van der Waals surface area (Å²) in [5.74, 6) is 0. The van der Waals surface area contributed by atoms with Crippen LogP contribution in [0, 0.1) is 13.8 Å². The molecule has 0 bridgehead atoms. The molecular weight excluding hydrogens is 317 g/mol. The van der Waals surface area contributed by atoms with Crippen LogP contribution < -0.4 is 40.5 Å². The third-order valence-electron chi connectivity index (χ3n) is 2.79. The Labute approximate surface area is 151 Å². The number of hydrogen-bond donors (Lipinski definition) is 1. The standard InChI is InChI=1S/C12H15N3O.CH4O3S.Na/c1-9-10(2)14(15(13-3)12(9)16)11-7-5-4-6-8-11;1-5(2,3)4;/h4-8,13H,1-3H3;1H3,(H,2,3,4);/q;;+1/p-1. The van der Waals surface area contributed by atoms with Gasteiger partial charge in [-0.1, -0.05) is 18.2 Å². The summed E-state index contributed by atoms with van der Waals surface area (Å²) >= 11 is 0. The van der Waals surface area contributed by atoms with Crippen molar-refractivity contribution in [2.24, 2.45) is 0 Å². The second kappa shape index (κ2) is 8.54. The van der Waals surface area contributed by atoms with Crippen molar-refractivity contribution in [3.8, 4) is 5.69 Å². The molecule has 0 saturated heterocycles. The first-order valence-electron chi connectivity index (χ1n) is 6.12. The maximum absolute atomic E-state index is 11.9. The van der Waals surface area contributed by atoms with Crippen LogP contribution >= 0.6 is 0 Å². The van der Waals surface area contributed by atoms with Gasteiger partial charge >= 0.3 is 29.6 Å². The van der Waals surface area contributed by atoms with Crippen LogP contribution in [0.4, 0.5) is 0 Å². The molecule has 0 spiro atoms. The predicted octanol–water partition coefficient (Wildman–Crippen LogP) is -2.41. The van der Waals surface area contributed by atoms with Gasteiger partial charge in [0.15, 0.2) is 0 Å². The van der Waals surface area contributed by atoms with Crippen molar-refractivity contribution in [3.63, 3.8) is 0 Å². The van der Waals surface area contributed by atoms with E-state index >= 15 is 0 Å². The van der Waals surface area contributed by atoms with Crippen LogP contribution in [-0.4, -0.2) is 35.7 Å². The van der Waals surface area contributed by atoms with E-state index in [1.165, 1.54) is 4.79 Å². The number of hydrogen-bond acceptors (Lipinski definition) is 5. The predicted molar refractivity (Wildman–Crippen MR) is 80.4 cm³/mol. The van der Waals surface area contributed by atoms with Crippen molar-refractivity contribution in [1.29, 1.82) is 0 Å². The molecule has 2 aromatic rings. The molecular formula is C13H18N3NaO4S. The first-order valence-corrected chi connectivity index (χ1v) is 7.93. The summed E-state index contributed by atoms with van der Waals surface area (Å²) < 4.78 is 29.1. The van der Waals surface area contributed by atoms with Gasteiger partial charge in [-0.05, 0) is 26.0 Å². The molecule has 1 heterocycles. The molecule has 1 aromatic heterocycles. The minimum atomic E-state index is -3.92. The van der Waals surface area contributed by atoms with Gasteiger partial charge in [-0.2, -0.15) is 4.79 Å². The van der Waals surface area contributed by atoms with E-state index in [1.54, 1.807) is 7.05 Å². The zero-order valence-electron chi connectivity index (χ0n) is 13.3. The molecule has 0 aliphatic carbocycles. The average molecular weight is 335 g/mol. The molecule has 0 aliphatic rings. The van der Waals surface area contributed by atoms with E-state index in [1.807, 2.05) is 48.9 Å². The Kier molecular flexibility index (Phi) is 8.13. The molecule has 0 radical (unpaired) electrons. The monoisotopic (exact) mass is 335 g/mol. The number of para-hydroxylation sites is 1. The van der Waals surface area contributed by atoms with Crippen LogP contribution in [0.5, 0.6) is 0 Å². The van der Waals surface area contributed by atoms with Crippen LogP contribution in [0.3, 0.4) is 0 Å². The van der Waals surface area contributed by atoms with E-state index in [2.05, 4.69) is 5.43 Å². The van der Waals surface area contributed by atoms with E-state index in [4.69, 9.17) is 13.0 Å². The third kappa shape index (κ3) is 5.62. The van der Waals surface area contributed by atoms with E-state index in [9.17, 15) is 4.79 Å². The molecule has 0 aliphatic heterocycles. The zero-order chi connectivity index (χ0) is 16.2. The van der Waals surface area contributed by atoms with Gasteiger partial charge in [-0.15, -0.1) is 0 Å². The largest absolute Gasteiger partial charge is 1.00 e. The summed E-state index contributed by atoms with van der Waals surface area (Å²) in [5, 5.41) is 0. The Morgan fingerprint density at radius 1 is 1.14 bits per heavy atom. The minimum absolute atomic E-state index is 0. The SMILES string of the molecule is CNn1c(=O)c(C)c(C)n1-c1ccccc1.CS(=O)(=O)[O-].[Na+]. The Bertz CT molecular complexity index is 759. The number of benzene rings is 1. The van der Waals surface area contributed by atoms with Gasteiger partial charge in [0.25, 0.3) is 5.56 Å². The Balaban J connectivity index is 0.000000644. The van der Waals surface area contributed by atoms with E-state index < -0.39 is 10.1 Å². The number of nitrogens with zero attached hydrogens (tertiary/aromatic N) is 2. The van der Waals surface area contributed by atoms with Crippen LogP contribution in [0.25, 0.3) is 5.69 Å². The zero-order valence-corrected chi connectivity index (χ0v) is 16.1. The Morgan fingerprint density at radius 2 is 1.59 bits per heavy atom. The van der Waals surface area contributed by atoms with Gasteiger partial charge in [0.1, 0.15) is 0 Å². The van der Waals surface area contributed by atoms with E-state index in [0.717, 1.165) is 16.9 Å². The average Bonchev–Trinajstić information content (AvgIpc) is 2.62.